The van der Waals surface area contributed by atoms with Crippen molar-refractivity contribution < 1.29 is 23.8 Å². The summed E-state index contributed by atoms with van der Waals surface area (Å²) in [7, 11) is 1.33. The van der Waals surface area contributed by atoms with Crippen molar-refractivity contribution in [3.63, 3.8) is 0 Å². The number of fused-ring (bicyclic) bond motifs is 1. The van der Waals surface area contributed by atoms with Crippen molar-refractivity contribution in [3.8, 4) is 11.3 Å². The number of pyridine rings is 1. The average molecular weight is 399 g/mol. The van der Waals surface area contributed by atoms with Crippen LogP contribution >= 0.6 is 0 Å². The standard InChI is InChI=1S/C24H17NO5/c1-29-24(28)19-8-3-2-7-18(19)22-13-12-16(30-22)11-10-15-14-20(23(26)27)17-6-4-5-9-21(17)25-15/h2-14H,1H3,(H,26,27). The molecule has 0 saturated heterocycles. The monoisotopic (exact) mass is 399 g/mol. The molecule has 0 amide bonds. The normalized spacial score (nSPS) is 11.1. The summed E-state index contributed by atoms with van der Waals surface area (Å²) in [5.74, 6) is -0.395. The fraction of sp³-hybridized carbons (Fsp3) is 0.0417. The Labute approximate surface area is 172 Å². The lowest BCUT2D eigenvalue weighted by Gasteiger charge is -2.05. The Kier molecular flexibility index (Phi) is 5.13. The van der Waals surface area contributed by atoms with E-state index >= 15 is 0 Å². The minimum absolute atomic E-state index is 0.187. The third-order valence-corrected chi connectivity index (χ3v) is 4.61. The van der Waals surface area contributed by atoms with Crippen LogP contribution in [0.4, 0.5) is 0 Å². The third kappa shape index (κ3) is 3.71. The van der Waals surface area contributed by atoms with E-state index in [-0.39, 0.29) is 5.56 Å². The van der Waals surface area contributed by atoms with E-state index < -0.39 is 11.9 Å². The number of nitrogens with zero attached hydrogens (tertiary/aromatic N) is 1. The Balaban J connectivity index is 1.67. The predicted molar refractivity (Wildman–Crippen MR) is 113 cm³/mol. The molecule has 4 aromatic rings. The lowest BCUT2D eigenvalue weighted by atomic mass is 10.1. The maximum Gasteiger partial charge on any atom is 0.338 e. The van der Waals surface area contributed by atoms with E-state index in [0.29, 0.717) is 39.2 Å². The number of rotatable bonds is 5. The molecule has 0 atom stereocenters. The molecule has 4 rings (SSSR count). The maximum atomic E-state index is 12.0. The zero-order chi connectivity index (χ0) is 21.1. The molecule has 0 spiro atoms. The highest BCUT2D eigenvalue weighted by atomic mass is 16.5. The van der Waals surface area contributed by atoms with Crippen LogP contribution in [0.5, 0.6) is 0 Å². The lowest BCUT2D eigenvalue weighted by molar-refractivity contribution is 0.0600. The van der Waals surface area contributed by atoms with Gasteiger partial charge >= 0.3 is 11.9 Å². The molecule has 0 aliphatic carbocycles. The van der Waals surface area contributed by atoms with Gasteiger partial charge in [0, 0.05) is 10.9 Å². The summed E-state index contributed by atoms with van der Waals surface area (Å²) in [4.78, 5) is 28.1. The molecular formula is C24H17NO5. The summed E-state index contributed by atoms with van der Waals surface area (Å²) in [6.07, 6.45) is 3.39. The molecule has 2 aromatic carbocycles. The Morgan fingerprint density at radius 1 is 0.967 bits per heavy atom. The van der Waals surface area contributed by atoms with Crippen LogP contribution in [0.3, 0.4) is 0 Å². The number of benzene rings is 2. The summed E-state index contributed by atoms with van der Waals surface area (Å²) in [5.41, 5.74) is 2.32. The molecule has 6 nitrogen and oxygen atoms in total. The number of furan rings is 1. The summed E-state index contributed by atoms with van der Waals surface area (Å²) in [6.45, 7) is 0. The molecule has 2 aromatic heterocycles. The Bertz CT molecular complexity index is 1290. The van der Waals surface area contributed by atoms with E-state index in [9.17, 15) is 14.7 Å². The molecule has 0 saturated carbocycles. The van der Waals surface area contributed by atoms with Crippen molar-refractivity contribution in [2.75, 3.05) is 7.11 Å². The molecule has 6 heteroatoms. The van der Waals surface area contributed by atoms with Crippen molar-refractivity contribution in [2.24, 2.45) is 0 Å². The van der Waals surface area contributed by atoms with Crippen LogP contribution in [-0.4, -0.2) is 29.1 Å². The van der Waals surface area contributed by atoms with Gasteiger partial charge in [0.25, 0.3) is 0 Å². The van der Waals surface area contributed by atoms with Gasteiger partial charge in [-0.2, -0.15) is 0 Å². The van der Waals surface area contributed by atoms with Gasteiger partial charge in [0.1, 0.15) is 11.5 Å². The SMILES string of the molecule is COC(=O)c1ccccc1-c1ccc(C=Cc2cc(C(=O)O)c3ccccc3n2)o1. The van der Waals surface area contributed by atoms with Crippen LogP contribution < -0.4 is 0 Å². The zero-order valence-electron chi connectivity index (χ0n) is 16.0. The van der Waals surface area contributed by atoms with E-state index in [2.05, 4.69) is 4.98 Å². The van der Waals surface area contributed by atoms with Gasteiger partial charge in [0.15, 0.2) is 0 Å². The molecule has 148 valence electrons. The molecule has 0 radical (unpaired) electrons. The number of carbonyl (C=O) groups is 2. The number of para-hydroxylation sites is 1. The van der Waals surface area contributed by atoms with Crippen LogP contribution in [0.15, 0.2) is 71.1 Å². The second-order valence-electron chi connectivity index (χ2n) is 6.49. The van der Waals surface area contributed by atoms with Crippen molar-refractivity contribution in [2.45, 2.75) is 0 Å². The first kappa shape index (κ1) is 19.1. The Morgan fingerprint density at radius 3 is 2.53 bits per heavy atom. The molecule has 1 N–H and O–H groups in total. The number of hydrogen-bond acceptors (Lipinski definition) is 5. The van der Waals surface area contributed by atoms with Crippen molar-refractivity contribution in [3.05, 3.63) is 89.3 Å². The van der Waals surface area contributed by atoms with Crippen LogP contribution in [0.25, 0.3) is 34.4 Å². The molecule has 0 aliphatic heterocycles. The van der Waals surface area contributed by atoms with Gasteiger partial charge in [0.05, 0.1) is 29.4 Å². The second kappa shape index (κ2) is 8.05. The number of carboxylic acid groups (broad SMARTS) is 1. The molecule has 30 heavy (non-hydrogen) atoms. The predicted octanol–water partition coefficient (Wildman–Crippen LogP) is 5.15. The first-order chi connectivity index (χ1) is 14.6. The molecule has 2 heterocycles. The number of aromatic carboxylic acids is 1. The summed E-state index contributed by atoms with van der Waals surface area (Å²) < 4.78 is 10.7. The lowest BCUT2D eigenvalue weighted by Crippen LogP contribution is -2.02. The van der Waals surface area contributed by atoms with Crippen LogP contribution in [0.2, 0.25) is 0 Å². The van der Waals surface area contributed by atoms with Crippen molar-refractivity contribution >= 4 is 35.0 Å². The molecule has 0 unspecified atom stereocenters. The van der Waals surface area contributed by atoms with Gasteiger partial charge < -0.3 is 14.3 Å². The summed E-state index contributed by atoms with van der Waals surface area (Å²) in [5, 5.41) is 10.1. The number of hydrogen-bond donors (Lipinski definition) is 1. The van der Waals surface area contributed by atoms with Gasteiger partial charge in [0.2, 0.25) is 0 Å². The quantitative estimate of drug-likeness (QED) is 0.467. The van der Waals surface area contributed by atoms with Gasteiger partial charge in [-0.15, -0.1) is 0 Å². The highest BCUT2D eigenvalue weighted by molar-refractivity contribution is 6.03. The van der Waals surface area contributed by atoms with Crippen molar-refractivity contribution in [1.82, 2.24) is 4.98 Å². The number of aromatic nitrogens is 1. The van der Waals surface area contributed by atoms with E-state index in [1.54, 1.807) is 60.7 Å². The van der Waals surface area contributed by atoms with Crippen molar-refractivity contribution in [1.29, 1.82) is 0 Å². The highest BCUT2D eigenvalue weighted by Crippen LogP contribution is 2.27. The molecular weight excluding hydrogens is 382 g/mol. The van der Waals surface area contributed by atoms with Gasteiger partial charge in [-0.05, 0) is 42.5 Å². The van der Waals surface area contributed by atoms with Crippen LogP contribution in [0.1, 0.15) is 32.2 Å². The smallest absolute Gasteiger partial charge is 0.338 e. The first-order valence-corrected chi connectivity index (χ1v) is 9.15. The zero-order valence-corrected chi connectivity index (χ0v) is 16.0. The van der Waals surface area contributed by atoms with E-state index in [4.69, 9.17) is 9.15 Å². The maximum absolute atomic E-state index is 12.0. The Hall–Kier alpha value is -4.19. The minimum atomic E-state index is -1.01. The fourth-order valence-electron chi connectivity index (χ4n) is 3.20. The van der Waals surface area contributed by atoms with Gasteiger partial charge in [-0.3, -0.25) is 0 Å². The van der Waals surface area contributed by atoms with E-state index in [1.165, 1.54) is 13.2 Å². The minimum Gasteiger partial charge on any atom is -0.478 e. The number of esters is 1. The second-order valence-corrected chi connectivity index (χ2v) is 6.49. The molecule has 0 aliphatic rings. The molecule has 0 fully saturated rings. The highest BCUT2D eigenvalue weighted by Gasteiger charge is 2.15. The van der Waals surface area contributed by atoms with Crippen LogP contribution in [0, 0.1) is 0 Å². The largest absolute Gasteiger partial charge is 0.478 e. The number of methoxy groups -OCH3 is 1. The van der Waals surface area contributed by atoms with Gasteiger partial charge in [-0.25, -0.2) is 14.6 Å². The van der Waals surface area contributed by atoms with E-state index in [0.717, 1.165) is 0 Å². The Morgan fingerprint density at radius 2 is 1.73 bits per heavy atom. The third-order valence-electron chi connectivity index (χ3n) is 4.61. The average Bonchev–Trinajstić information content (AvgIpc) is 3.25. The number of carbonyl (C=O) groups excluding carboxylic acids is 1. The molecule has 0 bridgehead atoms. The fourth-order valence-corrected chi connectivity index (χ4v) is 3.20. The van der Waals surface area contributed by atoms with Gasteiger partial charge in [-0.1, -0.05) is 36.4 Å². The topological polar surface area (TPSA) is 89.6 Å². The summed E-state index contributed by atoms with van der Waals surface area (Å²) >= 11 is 0. The summed E-state index contributed by atoms with van der Waals surface area (Å²) in [6, 6.07) is 19.2. The number of ether oxygens (including phenoxy) is 1. The first-order valence-electron chi connectivity index (χ1n) is 9.15. The van der Waals surface area contributed by atoms with E-state index in [1.807, 2.05) is 12.1 Å². The number of carboxylic acids is 1. The van der Waals surface area contributed by atoms with Crippen LogP contribution in [-0.2, 0) is 4.74 Å².